The fourth-order valence-electron chi connectivity index (χ4n) is 1.14. The molecular formula is C10H13NO3. The van der Waals surface area contributed by atoms with E-state index in [1.54, 1.807) is 19.1 Å². The van der Waals surface area contributed by atoms with Gasteiger partial charge in [-0.15, -0.1) is 0 Å². The number of carboxylic acids is 1. The van der Waals surface area contributed by atoms with Crippen molar-refractivity contribution in [1.29, 1.82) is 0 Å². The van der Waals surface area contributed by atoms with Crippen molar-refractivity contribution in [2.24, 2.45) is 0 Å². The zero-order valence-corrected chi connectivity index (χ0v) is 7.90. The van der Waals surface area contributed by atoms with Crippen molar-refractivity contribution in [3.63, 3.8) is 0 Å². The number of hydrogen-bond acceptors (Lipinski definition) is 3. The number of carboxylic acid groups (broad SMARTS) is 1. The quantitative estimate of drug-likeness (QED) is 0.683. The summed E-state index contributed by atoms with van der Waals surface area (Å²) in [5, 5.41) is 20.7. The lowest BCUT2D eigenvalue weighted by molar-refractivity contribution is -0.137. The van der Waals surface area contributed by atoms with E-state index in [1.807, 2.05) is 0 Å². The smallest absolute Gasteiger partial charge is 0.326 e. The van der Waals surface area contributed by atoms with E-state index in [0.29, 0.717) is 12.1 Å². The average molecular weight is 195 g/mol. The highest BCUT2D eigenvalue weighted by atomic mass is 16.4. The van der Waals surface area contributed by atoms with Crippen molar-refractivity contribution in [3.05, 3.63) is 24.3 Å². The zero-order chi connectivity index (χ0) is 10.6. The number of anilines is 1. The summed E-state index contributed by atoms with van der Waals surface area (Å²) in [6.07, 6.45) is 0.491. The van der Waals surface area contributed by atoms with Gasteiger partial charge in [-0.3, -0.25) is 0 Å². The molecule has 1 rings (SSSR count). The summed E-state index contributed by atoms with van der Waals surface area (Å²) in [5.41, 5.74) is 0.610. The second-order valence-electron chi connectivity index (χ2n) is 2.99. The molecule has 0 aliphatic heterocycles. The van der Waals surface area contributed by atoms with Gasteiger partial charge >= 0.3 is 5.97 Å². The molecule has 0 heterocycles. The van der Waals surface area contributed by atoms with Gasteiger partial charge in [-0.25, -0.2) is 4.79 Å². The Morgan fingerprint density at radius 2 is 2.29 bits per heavy atom. The molecule has 1 aromatic rings. The average Bonchev–Trinajstić information content (AvgIpc) is 2.14. The van der Waals surface area contributed by atoms with Gasteiger partial charge in [-0.2, -0.15) is 0 Å². The molecule has 14 heavy (non-hydrogen) atoms. The van der Waals surface area contributed by atoms with Crippen LogP contribution in [0.4, 0.5) is 5.69 Å². The minimum absolute atomic E-state index is 0.121. The number of nitrogens with one attached hydrogen (secondary N) is 1. The fraction of sp³-hybridized carbons (Fsp3) is 0.300. The van der Waals surface area contributed by atoms with Crippen LogP contribution in [0.15, 0.2) is 24.3 Å². The van der Waals surface area contributed by atoms with Crippen molar-refractivity contribution >= 4 is 11.7 Å². The molecule has 0 aliphatic rings. The number of hydrogen-bond donors (Lipinski definition) is 3. The summed E-state index contributed by atoms with van der Waals surface area (Å²) in [7, 11) is 0. The Hall–Kier alpha value is -1.71. The first-order valence-electron chi connectivity index (χ1n) is 4.42. The number of aromatic hydroxyl groups is 1. The molecule has 1 aromatic carbocycles. The SMILES string of the molecule is CCC(Nc1cccc(O)c1)C(=O)O. The molecule has 1 atom stereocenters. The molecule has 76 valence electrons. The normalized spacial score (nSPS) is 12.1. The molecule has 0 saturated heterocycles. The molecule has 0 saturated carbocycles. The zero-order valence-electron chi connectivity index (χ0n) is 7.90. The lowest BCUT2D eigenvalue weighted by Gasteiger charge is -2.13. The number of rotatable bonds is 4. The Labute approximate surface area is 82.2 Å². The van der Waals surface area contributed by atoms with Crippen LogP contribution in [-0.2, 0) is 4.79 Å². The first kappa shape index (κ1) is 10.4. The van der Waals surface area contributed by atoms with Gasteiger partial charge in [0.2, 0.25) is 0 Å². The van der Waals surface area contributed by atoms with Gasteiger partial charge < -0.3 is 15.5 Å². The molecule has 3 N–H and O–H groups in total. The number of phenols is 1. The van der Waals surface area contributed by atoms with Crippen LogP contribution in [0.25, 0.3) is 0 Å². The number of aliphatic carboxylic acids is 1. The van der Waals surface area contributed by atoms with Crippen molar-refractivity contribution in [3.8, 4) is 5.75 Å². The Morgan fingerprint density at radius 1 is 1.57 bits per heavy atom. The first-order valence-corrected chi connectivity index (χ1v) is 4.42. The van der Waals surface area contributed by atoms with Crippen LogP contribution in [-0.4, -0.2) is 22.2 Å². The molecule has 0 bridgehead atoms. The van der Waals surface area contributed by atoms with Crippen LogP contribution in [0.3, 0.4) is 0 Å². The Balaban J connectivity index is 2.72. The predicted octanol–water partition coefficient (Wildman–Crippen LogP) is 1.67. The van der Waals surface area contributed by atoms with E-state index in [-0.39, 0.29) is 5.75 Å². The summed E-state index contributed by atoms with van der Waals surface area (Å²) in [5.74, 6) is -0.772. The Kier molecular flexibility index (Phi) is 3.34. The minimum Gasteiger partial charge on any atom is -0.508 e. The second-order valence-corrected chi connectivity index (χ2v) is 2.99. The van der Waals surface area contributed by atoms with Gasteiger partial charge in [0.05, 0.1) is 0 Å². The number of carbonyl (C=O) groups is 1. The summed E-state index contributed by atoms with van der Waals surface area (Å²) < 4.78 is 0. The fourth-order valence-corrected chi connectivity index (χ4v) is 1.14. The largest absolute Gasteiger partial charge is 0.508 e. The van der Waals surface area contributed by atoms with E-state index in [0.717, 1.165) is 0 Å². The highest BCUT2D eigenvalue weighted by molar-refractivity contribution is 5.77. The van der Waals surface area contributed by atoms with Gasteiger partial charge in [-0.1, -0.05) is 13.0 Å². The maximum Gasteiger partial charge on any atom is 0.326 e. The van der Waals surface area contributed by atoms with Gasteiger partial charge in [0.1, 0.15) is 11.8 Å². The van der Waals surface area contributed by atoms with E-state index >= 15 is 0 Å². The van der Waals surface area contributed by atoms with Crippen LogP contribution in [0, 0.1) is 0 Å². The predicted molar refractivity (Wildman–Crippen MR) is 53.4 cm³/mol. The number of phenolic OH excluding ortho intramolecular Hbond substituents is 1. The summed E-state index contributed by atoms with van der Waals surface area (Å²) in [6, 6.07) is 5.78. The van der Waals surface area contributed by atoms with Crippen molar-refractivity contribution < 1.29 is 15.0 Å². The standard InChI is InChI=1S/C10H13NO3/c1-2-9(10(13)14)11-7-4-3-5-8(12)6-7/h3-6,9,11-12H,2H2,1H3,(H,13,14). The lowest BCUT2D eigenvalue weighted by atomic mass is 10.2. The third-order valence-electron chi connectivity index (χ3n) is 1.89. The van der Waals surface area contributed by atoms with Crippen LogP contribution in [0.5, 0.6) is 5.75 Å². The molecule has 4 heteroatoms. The Bertz CT molecular complexity index is 325. The van der Waals surface area contributed by atoms with Crippen LogP contribution < -0.4 is 5.32 Å². The summed E-state index contributed by atoms with van der Waals surface area (Å²) in [4.78, 5) is 10.7. The molecule has 0 aliphatic carbocycles. The molecule has 4 nitrogen and oxygen atoms in total. The van der Waals surface area contributed by atoms with Crippen LogP contribution in [0.1, 0.15) is 13.3 Å². The van der Waals surface area contributed by atoms with E-state index in [9.17, 15) is 4.79 Å². The van der Waals surface area contributed by atoms with E-state index in [4.69, 9.17) is 10.2 Å². The molecule has 0 fully saturated rings. The maximum absolute atomic E-state index is 10.7. The highest BCUT2D eigenvalue weighted by Crippen LogP contribution is 2.16. The second kappa shape index (κ2) is 4.50. The Morgan fingerprint density at radius 3 is 2.79 bits per heavy atom. The van der Waals surface area contributed by atoms with Gasteiger partial charge in [0, 0.05) is 11.8 Å². The van der Waals surface area contributed by atoms with Crippen LogP contribution >= 0.6 is 0 Å². The van der Waals surface area contributed by atoms with Gasteiger partial charge in [0.15, 0.2) is 0 Å². The van der Waals surface area contributed by atoms with E-state index in [2.05, 4.69) is 5.32 Å². The molecule has 0 aromatic heterocycles. The van der Waals surface area contributed by atoms with E-state index in [1.165, 1.54) is 12.1 Å². The molecule has 0 spiro atoms. The minimum atomic E-state index is -0.893. The van der Waals surface area contributed by atoms with Crippen molar-refractivity contribution in [2.45, 2.75) is 19.4 Å². The van der Waals surface area contributed by atoms with Crippen molar-refractivity contribution in [2.75, 3.05) is 5.32 Å². The third-order valence-corrected chi connectivity index (χ3v) is 1.89. The topological polar surface area (TPSA) is 69.6 Å². The summed E-state index contributed by atoms with van der Waals surface area (Å²) >= 11 is 0. The molecular weight excluding hydrogens is 182 g/mol. The van der Waals surface area contributed by atoms with Gasteiger partial charge in [0.25, 0.3) is 0 Å². The van der Waals surface area contributed by atoms with E-state index < -0.39 is 12.0 Å². The molecule has 1 unspecified atom stereocenters. The first-order chi connectivity index (χ1) is 6.63. The molecule has 0 amide bonds. The van der Waals surface area contributed by atoms with Gasteiger partial charge in [-0.05, 0) is 18.6 Å². The summed E-state index contributed by atoms with van der Waals surface area (Å²) in [6.45, 7) is 1.79. The maximum atomic E-state index is 10.7. The lowest BCUT2D eigenvalue weighted by Crippen LogP contribution is -2.28. The highest BCUT2D eigenvalue weighted by Gasteiger charge is 2.13. The number of benzene rings is 1. The monoisotopic (exact) mass is 195 g/mol. The van der Waals surface area contributed by atoms with Crippen molar-refractivity contribution in [1.82, 2.24) is 0 Å². The van der Waals surface area contributed by atoms with Crippen LogP contribution in [0.2, 0.25) is 0 Å². The third kappa shape index (κ3) is 2.65. The molecule has 0 radical (unpaired) electrons.